The zero-order valence-electron chi connectivity index (χ0n) is 24.7. The predicted octanol–water partition coefficient (Wildman–Crippen LogP) is 0.970. The van der Waals surface area contributed by atoms with Crippen LogP contribution in [0.5, 0.6) is 0 Å². The summed E-state index contributed by atoms with van der Waals surface area (Å²) in [5.74, 6) is -0.481. The Morgan fingerprint density at radius 3 is 2.48 bits per heavy atom. The van der Waals surface area contributed by atoms with Crippen molar-refractivity contribution in [2.75, 3.05) is 13.2 Å². The molecular weight excluding hydrogens is 548 g/mol. The molecule has 2 heterocycles. The number of carbonyl (C=O) groups is 2. The third-order valence-corrected chi connectivity index (χ3v) is 12.4. The van der Waals surface area contributed by atoms with Gasteiger partial charge in [-0.1, -0.05) is 13.8 Å². The summed E-state index contributed by atoms with van der Waals surface area (Å²) in [7, 11) is 0. The Balaban J connectivity index is 1.20. The van der Waals surface area contributed by atoms with Gasteiger partial charge in [0.05, 0.1) is 18.3 Å². The first-order valence-electron chi connectivity index (χ1n) is 15.5. The smallest absolute Gasteiger partial charge is 0.331 e. The summed E-state index contributed by atoms with van der Waals surface area (Å²) in [6.07, 6.45) is 0.323. The van der Waals surface area contributed by atoms with E-state index < -0.39 is 66.4 Å². The SMILES string of the molecule is CC(=O)O[C@@H]1C[C@]2(O)[C@@H]3CC[C@@H]4C[C@@H](O[C@@H]5O[C@H](CO)[C@@H](O)[C@H](O)[C@H]5O)CC[C@]4(C)[C@H]3CC[C@]2(C)[C@H]1C1=CC(=O)OC1. The van der Waals surface area contributed by atoms with Gasteiger partial charge in [0.1, 0.15) is 37.1 Å². The minimum atomic E-state index is -1.47. The number of aliphatic hydroxyl groups excluding tert-OH is 4. The largest absolute Gasteiger partial charge is 0.462 e. The molecule has 6 rings (SSSR count). The first kappa shape index (κ1) is 30.4. The molecule has 14 atom stereocenters. The molecule has 2 aliphatic heterocycles. The Kier molecular flexibility index (Phi) is 7.81. The molecule has 0 aromatic rings. The van der Waals surface area contributed by atoms with Crippen molar-refractivity contribution >= 4 is 11.9 Å². The van der Waals surface area contributed by atoms with Crippen molar-refractivity contribution in [3.8, 4) is 0 Å². The van der Waals surface area contributed by atoms with Gasteiger partial charge < -0.3 is 44.5 Å². The summed E-state index contributed by atoms with van der Waals surface area (Å²) < 4.78 is 22.8. The van der Waals surface area contributed by atoms with Gasteiger partial charge in [0.15, 0.2) is 6.29 Å². The average Bonchev–Trinajstić information content (AvgIpc) is 3.45. The number of hydrogen-bond donors (Lipinski definition) is 5. The molecule has 0 unspecified atom stereocenters. The van der Waals surface area contributed by atoms with Crippen LogP contribution in [0.4, 0.5) is 0 Å². The van der Waals surface area contributed by atoms with Gasteiger partial charge in [-0.05, 0) is 73.7 Å². The Labute approximate surface area is 246 Å². The summed E-state index contributed by atoms with van der Waals surface area (Å²) in [4.78, 5) is 24.1. The normalized spacial score (nSPS) is 52.0. The van der Waals surface area contributed by atoms with Crippen LogP contribution in [-0.2, 0) is 28.5 Å². The lowest BCUT2D eigenvalue weighted by Gasteiger charge is -2.63. The van der Waals surface area contributed by atoms with Crippen molar-refractivity contribution in [3.63, 3.8) is 0 Å². The minimum Gasteiger partial charge on any atom is -0.462 e. The van der Waals surface area contributed by atoms with E-state index in [0.717, 1.165) is 44.1 Å². The fraction of sp³-hybridized carbons (Fsp3) is 0.871. The van der Waals surface area contributed by atoms with Crippen molar-refractivity contribution in [1.29, 1.82) is 0 Å². The molecule has 4 aliphatic carbocycles. The quantitative estimate of drug-likeness (QED) is 0.227. The standard InChI is InChI=1S/C31H46O11/c1-15(33)40-21-12-31(38)20-5-4-17-11-18(41-28-27(37)26(36)25(35)22(13-32)42-28)6-8-29(17,2)19(20)7-9-30(31,3)24(21)16-10-23(34)39-14-16/h10,17-22,24-28,32,35-38H,4-9,11-14H2,1-3H3/t17-,18+,19+,20-,21-,22-,24+,25-,26+,27-,28-,29+,30-,31+/m1/s1. The van der Waals surface area contributed by atoms with Crippen LogP contribution in [0, 0.1) is 34.5 Å². The Morgan fingerprint density at radius 1 is 1.05 bits per heavy atom. The molecule has 11 nitrogen and oxygen atoms in total. The molecule has 5 N–H and O–H groups in total. The molecule has 0 aromatic heterocycles. The fourth-order valence-corrected chi connectivity index (χ4v) is 10.2. The van der Waals surface area contributed by atoms with Crippen LogP contribution in [0.2, 0.25) is 0 Å². The van der Waals surface area contributed by atoms with E-state index in [4.69, 9.17) is 18.9 Å². The van der Waals surface area contributed by atoms with Gasteiger partial charge in [-0.3, -0.25) is 4.79 Å². The summed E-state index contributed by atoms with van der Waals surface area (Å²) >= 11 is 0. The summed E-state index contributed by atoms with van der Waals surface area (Å²) in [5.41, 5.74) is -0.879. The van der Waals surface area contributed by atoms with Crippen LogP contribution in [0.1, 0.15) is 72.1 Å². The number of hydrogen-bond acceptors (Lipinski definition) is 11. The van der Waals surface area contributed by atoms with Gasteiger partial charge >= 0.3 is 11.9 Å². The maximum absolute atomic E-state index is 12.7. The number of carbonyl (C=O) groups excluding carboxylic acids is 2. The molecule has 0 radical (unpaired) electrons. The summed E-state index contributed by atoms with van der Waals surface area (Å²) in [6, 6.07) is 0. The first-order chi connectivity index (χ1) is 19.8. The summed E-state index contributed by atoms with van der Waals surface area (Å²) in [6.45, 7) is 5.47. The van der Waals surface area contributed by atoms with Crippen LogP contribution >= 0.6 is 0 Å². The van der Waals surface area contributed by atoms with Crippen molar-refractivity contribution in [1.82, 2.24) is 0 Å². The predicted molar refractivity (Wildman–Crippen MR) is 145 cm³/mol. The highest BCUT2D eigenvalue weighted by atomic mass is 16.7. The van der Waals surface area contributed by atoms with E-state index in [-0.39, 0.29) is 35.9 Å². The van der Waals surface area contributed by atoms with Gasteiger partial charge in [-0.25, -0.2) is 4.79 Å². The molecular formula is C31H46O11. The molecule has 0 aromatic carbocycles. The van der Waals surface area contributed by atoms with Gasteiger partial charge in [0, 0.05) is 30.8 Å². The van der Waals surface area contributed by atoms with Crippen molar-refractivity contribution in [2.24, 2.45) is 34.5 Å². The van der Waals surface area contributed by atoms with E-state index in [1.807, 2.05) is 0 Å². The second-order valence-electron chi connectivity index (χ2n) is 14.3. The lowest BCUT2D eigenvalue weighted by atomic mass is 9.43. The molecule has 5 fully saturated rings. The molecule has 0 spiro atoms. The van der Waals surface area contributed by atoms with E-state index >= 15 is 0 Å². The van der Waals surface area contributed by atoms with E-state index in [1.165, 1.54) is 13.0 Å². The molecule has 0 bridgehead atoms. The monoisotopic (exact) mass is 594 g/mol. The highest BCUT2D eigenvalue weighted by molar-refractivity contribution is 5.85. The van der Waals surface area contributed by atoms with Crippen LogP contribution in [0.25, 0.3) is 0 Å². The first-order valence-corrected chi connectivity index (χ1v) is 15.5. The van der Waals surface area contributed by atoms with Crippen LogP contribution in [0.15, 0.2) is 11.6 Å². The highest BCUT2D eigenvalue weighted by Gasteiger charge is 2.71. The number of esters is 2. The number of ether oxygens (including phenoxy) is 4. The maximum atomic E-state index is 12.7. The van der Waals surface area contributed by atoms with E-state index in [0.29, 0.717) is 18.8 Å². The molecule has 6 aliphatic rings. The average molecular weight is 595 g/mol. The molecule has 11 heteroatoms. The number of cyclic esters (lactones) is 1. The van der Waals surface area contributed by atoms with Crippen molar-refractivity contribution in [2.45, 2.75) is 121 Å². The second-order valence-corrected chi connectivity index (χ2v) is 14.3. The molecule has 0 amide bonds. The van der Waals surface area contributed by atoms with Crippen molar-refractivity contribution < 1.29 is 54.1 Å². The Bertz CT molecular complexity index is 1110. The van der Waals surface area contributed by atoms with Gasteiger partial charge in [0.25, 0.3) is 0 Å². The van der Waals surface area contributed by atoms with E-state index in [9.17, 15) is 35.1 Å². The van der Waals surface area contributed by atoms with Crippen LogP contribution < -0.4 is 0 Å². The zero-order valence-corrected chi connectivity index (χ0v) is 24.7. The van der Waals surface area contributed by atoms with Gasteiger partial charge in [0.2, 0.25) is 0 Å². The molecule has 1 saturated heterocycles. The zero-order chi connectivity index (χ0) is 30.2. The number of aliphatic hydroxyl groups is 5. The second kappa shape index (κ2) is 10.8. The van der Waals surface area contributed by atoms with Crippen molar-refractivity contribution in [3.05, 3.63) is 11.6 Å². The molecule has 236 valence electrons. The Morgan fingerprint density at radius 2 is 1.81 bits per heavy atom. The van der Waals surface area contributed by atoms with Gasteiger partial charge in [-0.15, -0.1) is 0 Å². The number of rotatable bonds is 5. The van der Waals surface area contributed by atoms with E-state index in [2.05, 4.69) is 13.8 Å². The molecule has 42 heavy (non-hydrogen) atoms. The molecule has 4 saturated carbocycles. The van der Waals surface area contributed by atoms with E-state index in [1.54, 1.807) is 0 Å². The maximum Gasteiger partial charge on any atom is 0.331 e. The third kappa shape index (κ3) is 4.57. The van der Waals surface area contributed by atoms with Crippen LogP contribution in [-0.4, -0.2) is 99.2 Å². The Hall–Kier alpha value is -1.60. The fourth-order valence-electron chi connectivity index (χ4n) is 10.2. The minimum absolute atomic E-state index is 0.0158. The highest BCUT2D eigenvalue weighted by Crippen LogP contribution is 2.70. The lowest BCUT2D eigenvalue weighted by Crippen LogP contribution is -2.63. The third-order valence-electron chi connectivity index (χ3n) is 12.4. The van der Waals surface area contributed by atoms with Gasteiger partial charge in [-0.2, -0.15) is 0 Å². The topological polar surface area (TPSA) is 172 Å². The summed E-state index contributed by atoms with van der Waals surface area (Å²) in [5, 5.41) is 53.0. The van der Waals surface area contributed by atoms with Crippen LogP contribution in [0.3, 0.4) is 0 Å². The number of fused-ring (bicyclic) bond motifs is 5. The lowest BCUT2D eigenvalue weighted by molar-refractivity contribution is -0.317.